The van der Waals surface area contributed by atoms with Crippen LogP contribution >= 0.6 is 0 Å². The summed E-state index contributed by atoms with van der Waals surface area (Å²) in [6.45, 7) is 0. The second-order valence-electron chi connectivity index (χ2n) is 4.47. The number of hydrogen-bond acceptors (Lipinski definition) is 4. The Labute approximate surface area is 126 Å². The minimum Gasteiger partial charge on any atom is -0.307 e. The average molecular weight is 291 g/mol. The first-order valence-electron chi connectivity index (χ1n) is 6.68. The van der Waals surface area contributed by atoms with E-state index in [0.29, 0.717) is 11.4 Å². The Morgan fingerprint density at radius 3 is 2.55 bits per heavy atom. The van der Waals surface area contributed by atoms with Gasteiger partial charge in [0.05, 0.1) is 23.4 Å². The van der Waals surface area contributed by atoms with Crippen molar-refractivity contribution < 1.29 is 4.79 Å². The molecule has 108 valence electrons. The van der Waals surface area contributed by atoms with Crippen LogP contribution in [-0.2, 0) is 0 Å². The van der Waals surface area contributed by atoms with Crippen LogP contribution in [0, 0.1) is 0 Å². The number of amides is 2. The van der Waals surface area contributed by atoms with Crippen molar-refractivity contribution in [2.45, 2.75) is 0 Å². The molecule has 0 bridgehead atoms. The van der Waals surface area contributed by atoms with Gasteiger partial charge < -0.3 is 5.32 Å². The van der Waals surface area contributed by atoms with Gasteiger partial charge in [0.25, 0.3) is 0 Å². The van der Waals surface area contributed by atoms with Crippen molar-refractivity contribution in [3.8, 4) is 0 Å². The van der Waals surface area contributed by atoms with Crippen LogP contribution in [0.5, 0.6) is 0 Å². The van der Waals surface area contributed by atoms with Gasteiger partial charge in [-0.3, -0.25) is 4.98 Å². The number of rotatable bonds is 3. The molecule has 2 N–H and O–H groups in total. The summed E-state index contributed by atoms with van der Waals surface area (Å²) >= 11 is 0. The second-order valence-corrected chi connectivity index (χ2v) is 4.47. The number of anilines is 1. The summed E-state index contributed by atoms with van der Waals surface area (Å²) in [5, 5.41) is 6.51. The van der Waals surface area contributed by atoms with E-state index in [1.807, 2.05) is 42.5 Å². The van der Waals surface area contributed by atoms with Crippen LogP contribution in [0.3, 0.4) is 0 Å². The largest absolute Gasteiger partial charge is 0.339 e. The lowest BCUT2D eigenvalue weighted by Crippen LogP contribution is -2.24. The summed E-state index contributed by atoms with van der Waals surface area (Å²) in [5.74, 6) is 0. The van der Waals surface area contributed by atoms with Crippen molar-refractivity contribution in [2.24, 2.45) is 5.10 Å². The summed E-state index contributed by atoms with van der Waals surface area (Å²) in [6, 6.07) is 16.3. The zero-order chi connectivity index (χ0) is 15.2. The van der Waals surface area contributed by atoms with E-state index in [1.165, 1.54) is 6.21 Å². The zero-order valence-electron chi connectivity index (χ0n) is 11.6. The third-order valence-corrected chi connectivity index (χ3v) is 2.86. The highest BCUT2D eigenvalue weighted by Crippen LogP contribution is 2.07. The third kappa shape index (κ3) is 3.43. The van der Waals surface area contributed by atoms with Crippen LogP contribution in [-0.4, -0.2) is 22.2 Å². The number of fused-ring (bicyclic) bond motifs is 1. The molecule has 0 radical (unpaired) electrons. The van der Waals surface area contributed by atoms with Crippen LogP contribution in [0.4, 0.5) is 10.5 Å². The molecule has 0 saturated carbocycles. The Balaban J connectivity index is 1.62. The quantitative estimate of drug-likeness (QED) is 0.575. The van der Waals surface area contributed by atoms with E-state index in [9.17, 15) is 4.79 Å². The minimum atomic E-state index is -0.420. The molecule has 0 aliphatic carbocycles. The molecule has 0 fully saturated rings. The van der Waals surface area contributed by atoms with Gasteiger partial charge in [-0.1, -0.05) is 30.3 Å². The van der Waals surface area contributed by atoms with Crippen LogP contribution < -0.4 is 10.7 Å². The maximum atomic E-state index is 11.6. The van der Waals surface area contributed by atoms with E-state index in [4.69, 9.17) is 0 Å². The topological polar surface area (TPSA) is 79.3 Å². The Kier molecular flexibility index (Phi) is 4.01. The van der Waals surface area contributed by atoms with Crippen LogP contribution in [0.25, 0.3) is 11.0 Å². The Morgan fingerprint density at radius 1 is 1.00 bits per heavy atom. The molecular weight excluding hydrogens is 278 g/mol. The first-order valence-corrected chi connectivity index (χ1v) is 6.68. The number of para-hydroxylation sites is 3. The summed E-state index contributed by atoms with van der Waals surface area (Å²) in [7, 11) is 0. The Hall–Kier alpha value is -3.28. The molecule has 3 rings (SSSR count). The lowest BCUT2D eigenvalue weighted by Gasteiger charge is -2.03. The molecule has 6 nitrogen and oxygen atoms in total. The van der Waals surface area contributed by atoms with Crippen molar-refractivity contribution >= 4 is 29.0 Å². The molecule has 0 spiro atoms. The third-order valence-electron chi connectivity index (χ3n) is 2.86. The van der Waals surface area contributed by atoms with E-state index in [1.54, 1.807) is 18.3 Å². The van der Waals surface area contributed by atoms with Crippen molar-refractivity contribution in [2.75, 3.05) is 5.32 Å². The highest BCUT2D eigenvalue weighted by molar-refractivity contribution is 5.90. The van der Waals surface area contributed by atoms with Crippen molar-refractivity contribution in [1.29, 1.82) is 0 Å². The van der Waals surface area contributed by atoms with Crippen molar-refractivity contribution in [3.05, 3.63) is 66.5 Å². The lowest BCUT2D eigenvalue weighted by molar-refractivity contribution is 0.252. The number of hydrogen-bond donors (Lipinski definition) is 2. The fourth-order valence-electron chi connectivity index (χ4n) is 1.87. The van der Waals surface area contributed by atoms with Crippen molar-refractivity contribution in [1.82, 2.24) is 15.4 Å². The fraction of sp³-hybridized carbons (Fsp3) is 0. The van der Waals surface area contributed by atoms with E-state index >= 15 is 0 Å². The predicted octanol–water partition coefficient (Wildman–Crippen LogP) is 2.79. The van der Waals surface area contributed by atoms with Gasteiger partial charge in [0.1, 0.15) is 5.69 Å². The van der Waals surface area contributed by atoms with E-state index < -0.39 is 6.03 Å². The van der Waals surface area contributed by atoms with Gasteiger partial charge in [-0.15, -0.1) is 0 Å². The molecule has 1 aromatic heterocycles. The number of nitrogens with zero attached hydrogens (tertiary/aromatic N) is 3. The van der Waals surface area contributed by atoms with Gasteiger partial charge in [0.15, 0.2) is 0 Å². The van der Waals surface area contributed by atoms with Gasteiger partial charge in [-0.2, -0.15) is 5.10 Å². The molecule has 0 unspecified atom stereocenters. The Bertz CT molecular complexity index is 817. The molecule has 0 aliphatic rings. The van der Waals surface area contributed by atoms with E-state index in [-0.39, 0.29) is 0 Å². The van der Waals surface area contributed by atoms with E-state index in [0.717, 1.165) is 11.0 Å². The second kappa shape index (κ2) is 6.45. The van der Waals surface area contributed by atoms with E-state index in [2.05, 4.69) is 25.8 Å². The Morgan fingerprint density at radius 2 is 1.73 bits per heavy atom. The number of urea groups is 1. The molecule has 3 aromatic rings. The van der Waals surface area contributed by atoms with Gasteiger partial charge in [-0.05, 0) is 24.3 Å². The van der Waals surface area contributed by atoms with Crippen LogP contribution in [0.15, 0.2) is 65.9 Å². The normalized spacial score (nSPS) is 10.7. The summed E-state index contributed by atoms with van der Waals surface area (Å²) < 4.78 is 0. The number of benzene rings is 2. The number of carbonyl (C=O) groups is 1. The first kappa shape index (κ1) is 13.7. The lowest BCUT2D eigenvalue weighted by atomic mass is 10.3. The summed E-state index contributed by atoms with van der Waals surface area (Å²) in [5.41, 5.74) is 5.23. The number of aromatic nitrogens is 2. The molecule has 0 saturated heterocycles. The summed E-state index contributed by atoms with van der Waals surface area (Å²) in [4.78, 5) is 20.3. The number of nitrogens with one attached hydrogen (secondary N) is 2. The monoisotopic (exact) mass is 291 g/mol. The highest BCUT2D eigenvalue weighted by Gasteiger charge is 1.99. The van der Waals surface area contributed by atoms with Gasteiger partial charge >= 0.3 is 6.03 Å². The molecule has 2 aromatic carbocycles. The number of hydrazone groups is 1. The maximum absolute atomic E-state index is 11.6. The van der Waals surface area contributed by atoms with Crippen LogP contribution in [0.2, 0.25) is 0 Å². The molecule has 0 aliphatic heterocycles. The van der Waals surface area contributed by atoms with Crippen molar-refractivity contribution in [3.63, 3.8) is 0 Å². The predicted molar refractivity (Wildman–Crippen MR) is 85.7 cm³/mol. The van der Waals surface area contributed by atoms with Gasteiger partial charge in [0, 0.05) is 5.69 Å². The summed E-state index contributed by atoms with van der Waals surface area (Å²) in [6.07, 6.45) is 3.05. The molecular formula is C16H13N5O. The minimum absolute atomic E-state index is 0.420. The molecule has 22 heavy (non-hydrogen) atoms. The molecule has 0 atom stereocenters. The molecule has 1 heterocycles. The van der Waals surface area contributed by atoms with Gasteiger partial charge in [-0.25, -0.2) is 15.2 Å². The number of carbonyl (C=O) groups excluding carboxylic acids is 1. The smallest absolute Gasteiger partial charge is 0.307 e. The standard InChI is InChI=1S/C16H13N5O/c22-16(20-12-6-2-1-3-7-12)21-18-11-13-10-17-14-8-4-5-9-15(14)19-13/h1-11H,(H2,20,21,22)/b18-11-. The maximum Gasteiger partial charge on any atom is 0.339 e. The van der Waals surface area contributed by atoms with Crippen LogP contribution in [0.1, 0.15) is 5.69 Å². The molecule has 2 amide bonds. The first-order chi connectivity index (χ1) is 10.8. The molecule has 6 heteroatoms. The highest BCUT2D eigenvalue weighted by atomic mass is 16.2. The zero-order valence-corrected chi connectivity index (χ0v) is 11.6. The average Bonchev–Trinajstić information content (AvgIpc) is 2.55. The fourth-order valence-corrected chi connectivity index (χ4v) is 1.87. The SMILES string of the molecule is O=C(N/N=C\c1cnc2ccccc2n1)Nc1ccccc1. The van der Waals surface area contributed by atoms with Gasteiger partial charge in [0.2, 0.25) is 0 Å².